The highest BCUT2D eigenvalue weighted by atomic mass is 35.5. The molecule has 2 aromatic rings. The third kappa shape index (κ3) is 2.08. The van der Waals surface area contributed by atoms with Crippen LogP contribution in [0.4, 0.5) is 10.1 Å². The van der Waals surface area contributed by atoms with Crippen LogP contribution in [0.3, 0.4) is 0 Å². The van der Waals surface area contributed by atoms with E-state index in [1.165, 1.54) is 18.3 Å². The van der Waals surface area contributed by atoms with Gasteiger partial charge in [-0.15, -0.1) is 0 Å². The minimum absolute atomic E-state index is 0.183. The molecule has 1 aromatic heterocycles. The van der Waals surface area contributed by atoms with E-state index in [0.717, 1.165) is 11.3 Å². The van der Waals surface area contributed by atoms with E-state index in [9.17, 15) is 9.18 Å². The summed E-state index contributed by atoms with van der Waals surface area (Å²) in [7, 11) is 0. The van der Waals surface area contributed by atoms with Crippen molar-refractivity contribution in [3.8, 4) is 0 Å². The maximum absolute atomic E-state index is 13.1. The lowest BCUT2D eigenvalue weighted by Gasteiger charge is -2.17. The van der Waals surface area contributed by atoms with Crippen molar-refractivity contribution in [3.63, 3.8) is 0 Å². The van der Waals surface area contributed by atoms with Gasteiger partial charge < -0.3 is 4.90 Å². The average molecular weight is 277 g/mol. The van der Waals surface area contributed by atoms with Gasteiger partial charge in [-0.2, -0.15) is 0 Å². The maximum Gasteiger partial charge on any atom is 0.261 e. The molecular formula is C14H10ClFN2O. The lowest BCUT2D eigenvalue weighted by atomic mass is 10.1. The van der Waals surface area contributed by atoms with Gasteiger partial charge in [0.05, 0.1) is 5.56 Å². The Hall–Kier alpha value is -1.94. The second kappa shape index (κ2) is 4.63. The molecule has 0 saturated heterocycles. The molecular weight excluding hydrogens is 267 g/mol. The molecule has 1 aromatic carbocycles. The van der Waals surface area contributed by atoms with Gasteiger partial charge in [0, 0.05) is 18.4 Å². The summed E-state index contributed by atoms with van der Waals surface area (Å²) in [5.41, 5.74) is 1.95. The number of carbonyl (C=O) groups is 1. The van der Waals surface area contributed by atoms with Crippen molar-refractivity contribution in [2.75, 3.05) is 11.4 Å². The molecule has 19 heavy (non-hydrogen) atoms. The van der Waals surface area contributed by atoms with Crippen LogP contribution in [0.1, 0.15) is 15.9 Å². The fourth-order valence-electron chi connectivity index (χ4n) is 2.27. The highest BCUT2D eigenvalue weighted by molar-refractivity contribution is 6.33. The Balaban J connectivity index is 1.98. The minimum Gasteiger partial charge on any atom is -0.308 e. The first-order valence-electron chi connectivity index (χ1n) is 5.87. The molecule has 1 amide bonds. The zero-order valence-corrected chi connectivity index (χ0v) is 10.7. The highest BCUT2D eigenvalue weighted by Gasteiger charge is 2.27. The lowest BCUT2D eigenvalue weighted by Crippen LogP contribution is -2.29. The van der Waals surface area contributed by atoms with Crippen LogP contribution in [0.2, 0.25) is 5.15 Å². The van der Waals surface area contributed by atoms with E-state index in [-0.39, 0.29) is 16.9 Å². The van der Waals surface area contributed by atoms with Gasteiger partial charge >= 0.3 is 0 Å². The fourth-order valence-corrected chi connectivity index (χ4v) is 2.47. The van der Waals surface area contributed by atoms with Gasteiger partial charge in [0.1, 0.15) is 11.0 Å². The van der Waals surface area contributed by atoms with E-state index in [4.69, 9.17) is 11.6 Å². The summed E-state index contributed by atoms with van der Waals surface area (Å²) in [6, 6.07) is 7.75. The van der Waals surface area contributed by atoms with Crippen molar-refractivity contribution in [1.29, 1.82) is 0 Å². The zero-order chi connectivity index (χ0) is 13.4. The molecule has 2 heterocycles. The molecule has 3 nitrogen and oxygen atoms in total. The largest absolute Gasteiger partial charge is 0.308 e. The third-order valence-corrected chi connectivity index (χ3v) is 3.47. The Bertz CT molecular complexity index is 660. The fraction of sp³-hybridized carbons (Fsp3) is 0.143. The molecule has 1 aliphatic rings. The van der Waals surface area contributed by atoms with Crippen molar-refractivity contribution in [2.45, 2.75) is 6.42 Å². The van der Waals surface area contributed by atoms with E-state index in [1.807, 2.05) is 0 Å². The number of nitrogens with zero attached hydrogens (tertiary/aromatic N) is 2. The Morgan fingerprint density at radius 2 is 2.21 bits per heavy atom. The first kappa shape index (κ1) is 12.1. The lowest BCUT2D eigenvalue weighted by molar-refractivity contribution is 0.0989. The number of carbonyl (C=O) groups excluding carboxylic acids is 1. The first-order valence-corrected chi connectivity index (χ1v) is 6.25. The van der Waals surface area contributed by atoms with Crippen LogP contribution in [0.25, 0.3) is 0 Å². The van der Waals surface area contributed by atoms with E-state index < -0.39 is 0 Å². The summed E-state index contributed by atoms with van der Waals surface area (Å²) < 4.78 is 13.1. The maximum atomic E-state index is 13.1. The summed E-state index contributed by atoms with van der Waals surface area (Å²) in [6.45, 7) is 0.531. The Labute approximate surface area is 114 Å². The normalized spacial score (nSPS) is 13.5. The molecule has 0 N–H and O–H groups in total. The second-order valence-electron chi connectivity index (χ2n) is 4.32. The number of halogens is 2. The minimum atomic E-state index is -0.285. The predicted molar refractivity (Wildman–Crippen MR) is 71.0 cm³/mol. The third-order valence-electron chi connectivity index (χ3n) is 3.17. The molecule has 96 valence electrons. The first-order chi connectivity index (χ1) is 9.16. The number of aromatic nitrogens is 1. The number of rotatable bonds is 1. The number of fused-ring (bicyclic) bond motifs is 1. The number of hydrogen-bond donors (Lipinski definition) is 0. The van der Waals surface area contributed by atoms with Crippen LogP contribution in [-0.4, -0.2) is 17.4 Å². The predicted octanol–water partition coefficient (Wildman–Crippen LogP) is 3.08. The summed E-state index contributed by atoms with van der Waals surface area (Å²) in [5, 5.41) is 0.183. The van der Waals surface area contributed by atoms with Crippen molar-refractivity contribution in [3.05, 3.63) is 58.6 Å². The summed E-state index contributed by atoms with van der Waals surface area (Å²) >= 11 is 5.93. The topological polar surface area (TPSA) is 33.2 Å². The highest BCUT2D eigenvalue weighted by Crippen LogP contribution is 2.30. The van der Waals surface area contributed by atoms with Gasteiger partial charge in [-0.05, 0) is 42.3 Å². The van der Waals surface area contributed by atoms with Gasteiger partial charge in [-0.25, -0.2) is 9.37 Å². The monoisotopic (exact) mass is 276 g/mol. The SMILES string of the molecule is O=C(c1cccnc1Cl)N1CCc2cc(F)ccc21. The Morgan fingerprint density at radius 3 is 3.00 bits per heavy atom. The number of benzene rings is 1. The molecule has 0 aliphatic carbocycles. The molecule has 0 spiro atoms. The zero-order valence-electron chi connectivity index (χ0n) is 9.94. The molecule has 5 heteroatoms. The van der Waals surface area contributed by atoms with E-state index in [1.54, 1.807) is 23.1 Å². The molecule has 0 fully saturated rings. The van der Waals surface area contributed by atoms with E-state index in [0.29, 0.717) is 18.5 Å². The second-order valence-corrected chi connectivity index (χ2v) is 4.68. The van der Waals surface area contributed by atoms with Gasteiger partial charge in [0.2, 0.25) is 0 Å². The number of pyridine rings is 1. The average Bonchev–Trinajstić information content (AvgIpc) is 2.81. The molecule has 0 radical (unpaired) electrons. The van der Waals surface area contributed by atoms with E-state index >= 15 is 0 Å². The molecule has 0 bridgehead atoms. The Morgan fingerprint density at radius 1 is 1.37 bits per heavy atom. The van der Waals surface area contributed by atoms with Gasteiger partial charge in [-0.1, -0.05) is 11.6 Å². The van der Waals surface area contributed by atoms with Crippen molar-refractivity contribution in [1.82, 2.24) is 4.98 Å². The van der Waals surface area contributed by atoms with Crippen LogP contribution in [-0.2, 0) is 6.42 Å². The van der Waals surface area contributed by atoms with Crippen LogP contribution in [0.15, 0.2) is 36.5 Å². The number of anilines is 1. The van der Waals surface area contributed by atoms with Crippen LogP contribution in [0, 0.1) is 5.82 Å². The van der Waals surface area contributed by atoms with Gasteiger partial charge in [0.15, 0.2) is 0 Å². The molecule has 0 atom stereocenters. The summed E-state index contributed by atoms with van der Waals surface area (Å²) in [5.74, 6) is -0.490. The smallest absolute Gasteiger partial charge is 0.261 e. The van der Waals surface area contributed by atoms with Crippen molar-refractivity contribution < 1.29 is 9.18 Å². The van der Waals surface area contributed by atoms with Crippen LogP contribution in [0.5, 0.6) is 0 Å². The van der Waals surface area contributed by atoms with Crippen molar-refractivity contribution >= 4 is 23.2 Å². The Kier molecular flexibility index (Phi) is 2.95. The quantitative estimate of drug-likeness (QED) is 0.750. The van der Waals surface area contributed by atoms with Crippen molar-refractivity contribution in [2.24, 2.45) is 0 Å². The van der Waals surface area contributed by atoms with Crippen LogP contribution < -0.4 is 4.90 Å². The number of hydrogen-bond acceptors (Lipinski definition) is 2. The molecule has 3 rings (SSSR count). The molecule has 1 aliphatic heterocycles. The van der Waals surface area contributed by atoms with Crippen LogP contribution >= 0.6 is 11.6 Å². The van der Waals surface area contributed by atoms with Gasteiger partial charge in [-0.3, -0.25) is 4.79 Å². The number of amides is 1. The summed E-state index contributed by atoms with van der Waals surface area (Å²) in [4.78, 5) is 17.9. The standard InChI is InChI=1S/C14H10ClFN2O/c15-13-11(2-1-6-17-13)14(19)18-7-5-9-8-10(16)3-4-12(9)18/h1-4,6,8H,5,7H2. The molecule has 0 saturated carbocycles. The van der Waals surface area contributed by atoms with Gasteiger partial charge in [0.25, 0.3) is 5.91 Å². The van der Waals surface area contributed by atoms with E-state index in [2.05, 4.69) is 4.98 Å². The summed E-state index contributed by atoms with van der Waals surface area (Å²) in [6.07, 6.45) is 2.18. The molecule has 0 unspecified atom stereocenters.